The maximum atomic E-state index is 11.4. The number of hydrogen-bond acceptors (Lipinski definition) is 5. The molecule has 102 valence electrons. The average Bonchev–Trinajstić information content (AvgIpc) is 2.76. The van der Waals surface area contributed by atoms with Gasteiger partial charge in [0, 0.05) is 13.5 Å². The molecule has 6 nitrogen and oxygen atoms in total. The molecular weight excluding hydrogens is 252 g/mol. The summed E-state index contributed by atoms with van der Waals surface area (Å²) in [5, 5.41) is 10.8. The van der Waals surface area contributed by atoms with Crippen molar-refractivity contribution in [3.05, 3.63) is 5.89 Å². The Morgan fingerprint density at radius 1 is 1.50 bits per heavy atom. The Labute approximate surface area is 112 Å². The zero-order chi connectivity index (χ0) is 13.7. The summed E-state index contributed by atoms with van der Waals surface area (Å²) in [6.45, 7) is 3.89. The van der Waals surface area contributed by atoms with Crippen molar-refractivity contribution >= 4 is 17.7 Å². The number of thioether (sulfide) groups is 1. The van der Waals surface area contributed by atoms with Crippen molar-refractivity contribution in [3.63, 3.8) is 0 Å². The van der Waals surface area contributed by atoms with Crippen molar-refractivity contribution in [3.8, 4) is 0 Å². The number of nitrogens with one attached hydrogen (secondary N) is 2. The molecule has 0 radical (unpaired) electrons. The molecule has 1 aromatic rings. The predicted octanol–water partition coefficient (Wildman–Crippen LogP) is -0.108. The summed E-state index contributed by atoms with van der Waals surface area (Å²) in [7, 11) is 5.72. The highest BCUT2D eigenvalue weighted by atomic mass is 32.2. The maximum Gasteiger partial charge on any atom is 0.277 e. The van der Waals surface area contributed by atoms with Gasteiger partial charge in [-0.3, -0.25) is 4.79 Å². The fourth-order valence-electron chi connectivity index (χ4n) is 1.65. The van der Waals surface area contributed by atoms with Gasteiger partial charge in [0.1, 0.15) is 0 Å². The molecule has 0 aliphatic rings. The van der Waals surface area contributed by atoms with Gasteiger partial charge in [-0.2, -0.15) is 0 Å². The van der Waals surface area contributed by atoms with Crippen LogP contribution in [0.5, 0.6) is 0 Å². The minimum absolute atomic E-state index is 0.0509. The molecule has 2 atom stereocenters. The van der Waals surface area contributed by atoms with Crippen LogP contribution in [0, 0.1) is 0 Å². The minimum Gasteiger partial charge on any atom is -0.410 e. The molecule has 0 spiro atoms. The number of quaternary nitrogens is 1. The van der Waals surface area contributed by atoms with Gasteiger partial charge < -0.3 is 14.6 Å². The third-order valence-electron chi connectivity index (χ3n) is 2.72. The van der Waals surface area contributed by atoms with E-state index in [1.165, 1.54) is 16.7 Å². The van der Waals surface area contributed by atoms with Crippen LogP contribution in [0.25, 0.3) is 0 Å². The van der Waals surface area contributed by atoms with Gasteiger partial charge in [0.2, 0.25) is 5.91 Å². The van der Waals surface area contributed by atoms with Crippen LogP contribution in [-0.2, 0) is 4.79 Å². The van der Waals surface area contributed by atoms with Crippen molar-refractivity contribution in [1.29, 1.82) is 0 Å². The normalized spacial score (nSPS) is 14.6. The SMILES string of the molecule is CC[C@@H](c1nnc(S[C@@H](C)C(=O)NC)o1)[NH+](C)C. The molecule has 0 unspecified atom stereocenters. The van der Waals surface area contributed by atoms with E-state index in [9.17, 15) is 4.79 Å². The second-order valence-corrected chi connectivity index (χ2v) is 5.61. The highest BCUT2D eigenvalue weighted by Gasteiger charge is 2.24. The molecule has 0 aliphatic heterocycles. The van der Waals surface area contributed by atoms with E-state index in [-0.39, 0.29) is 17.2 Å². The number of hydrogen-bond donors (Lipinski definition) is 2. The Morgan fingerprint density at radius 3 is 2.67 bits per heavy atom. The molecule has 7 heteroatoms. The van der Waals surface area contributed by atoms with E-state index in [2.05, 4.69) is 36.5 Å². The standard InChI is InChI=1S/C11H20N4O2S/c1-6-8(15(4)5)10-13-14-11(17-10)18-7(2)9(16)12-3/h7-8H,6H2,1-5H3,(H,12,16)/p+1/t7-,8-/m0/s1. The van der Waals surface area contributed by atoms with Gasteiger partial charge in [-0.1, -0.05) is 18.7 Å². The number of amides is 1. The third kappa shape index (κ3) is 3.71. The zero-order valence-corrected chi connectivity index (χ0v) is 12.3. The van der Waals surface area contributed by atoms with Crippen LogP contribution in [0.4, 0.5) is 0 Å². The van der Waals surface area contributed by atoms with Crippen LogP contribution in [0.15, 0.2) is 9.64 Å². The van der Waals surface area contributed by atoms with Crippen LogP contribution in [0.3, 0.4) is 0 Å². The van der Waals surface area contributed by atoms with Crippen molar-refractivity contribution in [2.75, 3.05) is 21.1 Å². The number of rotatable bonds is 6. The Hall–Kier alpha value is -1.08. The van der Waals surface area contributed by atoms with Crippen LogP contribution in [-0.4, -0.2) is 42.5 Å². The molecular formula is C11H21N4O2S+. The van der Waals surface area contributed by atoms with Gasteiger partial charge in [0.25, 0.3) is 11.1 Å². The van der Waals surface area contributed by atoms with Gasteiger partial charge in [0.05, 0.1) is 19.3 Å². The summed E-state index contributed by atoms with van der Waals surface area (Å²) in [5.41, 5.74) is 0. The van der Waals surface area contributed by atoms with E-state index in [1.54, 1.807) is 7.05 Å². The van der Waals surface area contributed by atoms with Gasteiger partial charge in [-0.25, -0.2) is 0 Å². The van der Waals surface area contributed by atoms with E-state index in [0.29, 0.717) is 11.1 Å². The lowest BCUT2D eigenvalue weighted by atomic mass is 10.2. The topological polar surface area (TPSA) is 72.5 Å². The van der Waals surface area contributed by atoms with Gasteiger partial charge >= 0.3 is 0 Å². The lowest BCUT2D eigenvalue weighted by Gasteiger charge is -2.15. The summed E-state index contributed by atoms with van der Waals surface area (Å²) in [5.74, 6) is 0.578. The molecule has 1 heterocycles. The highest BCUT2D eigenvalue weighted by Crippen LogP contribution is 2.23. The Morgan fingerprint density at radius 2 is 2.17 bits per heavy atom. The zero-order valence-electron chi connectivity index (χ0n) is 11.5. The molecule has 0 aromatic carbocycles. The molecule has 1 rings (SSSR count). The summed E-state index contributed by atoms with van der Waals surface area (Å²) >= 11 is 1.28. The third-order valence-corrected chi connectivity index (χ3v) is 3.65. The molecule has 2 N–H and O–H groups in total. The average molecular weight is 273 g/mol. The smallest absolute Gasteiger partial charge is 0.277 e. The Bertz CT molecular complexity index is 394. The van der Waals surface area contributed by atoms with Gasteiger partial charge in [0.15, 0.2) is 6.04 Å². The monoisotopic (exact) mass is 273 g/mol. The minimum atomic E-state index is -0.241. The quantitative estimate of drug-likeness (QED) is 0.708. The number of aromatic nitrogens is 2. The Balaban J connectivity index is 2.71. The molecule has 0 saturated heterocycles. The van der Waals surface area contributed by atoms with Crippen LogP contribution >= 0.6 is 11.8 Å². The van der Waals surface area contributed by atoms with Crippen LogP contribution in [0.1, 0.15) is 32.2 Å². The largest absolute Gasteiger partial charge is 0.410 e. The summed E-state index contributed by atoms with van der Waals surface area (Å²) in [4.78, 5) is 12.6. The van der Waals surface area contributed by atoms with Crippen molar-refractivity contribution in [1.82, 2.24) is 15.5 Å². The fourth-order valence-corrected chi connectivity index (χ4v) is 2.40. The molecule has 1 amide bonds. The van der Waals surface area contributed by atoms with Gasteiger partial charge in [-0.15, -0.1) is 10.2 Å². The molecule has 0 bridgehead atoms. The molecule has 0 aliphatic carbocycles. The van der Waals surface area contributed by atoms with Crippen molar-refractivity contribution < 1.29 is 14.1 Å². The van der Waals surface area contributed by atoms with Crippen molar-refractivity contribution in [2.45, 2.75) is 36.8 Å². The summed E-state index contributed by atoms with van der Waals surface area (Å²) in [6.07, 6.45) is 0.930. The first-order valence-corrected chi connectivity index (χ1v) is 6.89. The Kier molecular flexibility index (Phi) is 5.61. The first-order valence-electron chi connectivity index (χ1n) is 6.01. The maximum absolute atomic E-state index is 11.4. The van der Waals surface area contributed by atoms with E-state index in [0.717, 1.165) is 6.42 Å². The first kappa shape index (κ1) is 15.0. The fraction of sp³-hybridized carbons (Fsp3) is 0.727. The molecule has 1 aromatic heterocycles. The number of carbonyl (C=O) groups is 1. The molecule has 0 fully saturated rings. The molecule has 18 heavy (non-hydrogen) atoms. The summed E-state index contributed by atoms with van der Waals surface area (Å²) < 4.78 is 5.60. The van der Waals surface area contributed by atoms with Crippen molar-refractivity contribution in [2.24, 2.45) is 0 Å². The first-order chi connectivity index (χ1) is 8.49. The van der Waals surface area contributed by atoms with Crippen LogP contribution < -0.4 is 10.2 Å². The molecule has 0 saturated carbocycles. The van der Waals surface area contributed by atoms with E-state index < -0.39 is 0 Å². The lowest BCUT2D eigenvalue weighted by molar-refractivity contribution is -0.894. The van der Waals surface area contributed by atoms with E-state index >= 15 is 0 Å². The lowest BCUT2D eigenvalue weighted by Crippen LogP contribution is -3.06. The number of nitrogens with zero attached hydrogens (tertiary/aromatic N) is 2. The predicted molar refractivity (Wildman–Crippen MR) is 69.5 cm³/mol. The number of carbonyl (C=O) groups excluding carboxylic acids is 1. The van der Waals surface area contributed by atoms with E-state index in [4.69, 9.17) is 4.42 Å². The highest BCUT2D eigenvalue weighted by molar-refractivity contribution is 8.00. The van der Waals surface area contributed by atoms with E-state index in [1.807, 2.05) is 6.92 Å². The van der Waals surface area contributed by atoms with Gasteiger partial charge in [-0.05, 0) is 6.92 Å². The second-order valence-electron chi connectivity index (χ2n) is 4.32. The second kappa shape index (κ2) is 6.75. The van der Waals surface area contributed by atoms with Crippen LogP contribution in [0.2, 0.25) is 0 Å². The summed E-state index contributed by atoms with van der Waals surface area (Å²) in [6, 6.07) is 0.196.